The van der Waals surface area contributed by atoms with E-state index in [4.69, 9.17) is 10.5 Å². The van der Waals surface area contributed by atoms with Gasteiger partial charge in [0.25, 0.3) is 0 Å². The van der Waals surface area contributed by atoms with E-state index in [0.717, 1.165) is 35.4 Å². The van der Waals surface area contributed by atoms with E-state index in [1.54, 1.807) is 18.9 Å². The molecule has 0 amide bonds. The highest BCUT2D eigenvalue weighted by Crippen LogP contribution is 2.19. The minimum Gasteiger partial charge on any atom is -0.497 e. The Labute approximate surface area is 123 Å². The number of hydrogen-bond donors (Lipinski definition) is 1. The van der Waals surface area contributed by atoms with E-state index in [0.29, 0.717) is 6.54 Å². The van der Waals surface area contributed by atoms with Gasteiger partial charge in [-0.05, 0) is 31.0 Å². The highest BCUT2D eigenvalue weighted by Gasteiger charge is 2.08. The molecule has 5 nitrogen and oxygen atoms in total. The fourth-order valence-electron chi connectivity index (χ4n) is 1.91. The normalized spacial score (nSPS) is 10.8. The van der Waals surface area contributed by atoms with E-state index in [1.807, 2.05) is 19.1 Å². The second-order valence-electron chi connectivity index (χ2n) is 4.42. The average molecular weight is 292 g/mol. The smallest absolute Gasteiger partial charge is 0.191 e. The fourth-order valence-corrected chi connectivity index (χ4v) is 2.91. The maximum absolute atomic E-state index is 5.61. The number of aromatic nitrogens is 3. The van der Waals surface area contributed by atoms with Crippen molar-refractivity contribution in [2.24, 2.45) is 5.73 Å². The maximum Gasteiger partial charge on any atom is 0.191 e. The zero-order chi connectivity index (χ0) is 14.4. The minimum absolute atomic E-state index is 0.602. The quantitative estimate of drug-likeness (QED) is 0.789. The van der Waals surface area contributed by atoms with Crippen LogP contribution in [-0.4, -0.2) is 34.2 Å². The Morgan fingerprint density at radius 2 is 2.00 bits per heavy atom. The summed E-state index contributed by atoms with van der Waals surface area (Å²) in [6.45, 7) is 3.32. The van der Waals surface area contributed by atoms with Gasteiger partial charge in [0.15, 0.2) is 5.16 Å². The molecule has 2 rings (SSSR count). The van der Waals surface area contributed by atoms with Crippen LogP contribution in [0.25, 0.3) is 0 Å². The Bertz CT molecular complexity index is 539. The molecule has 0 saturated carbocycles. The molecular weight excluding hydrogens is 272 g/mol. The van der Waals surface area contributed by atoms with E-state index < -0.39 is 0 Å². The second kappa shape index (κ2) is 7.31. The van der Waals surface area contributed by atoms with Crippen molar-refractivity contribution in [3.8, 4) is 5.75 Å². The van der Waals surface area contributed by atoms with Crippen LogP contribution in [0.5, 0.6) is 5.75 Å². The van der Waals surface area contributed by atoms with Gasteiger partial charge < -0.3 is 15.0 Å². The van der Waals surface area contributed by atoms with E-state index >= 15 is 0 Å². The summed E-state index contributed by atoms with van der Waals surface area (Å²) < 4.78 is 7.22. The monoisotopic (exact) mass is 292 g/mol. The fraction of sp³-hybridized carbons (Fsp3) is 0.429. The number of nitrogens with zero attached hydrogens (tertiary/aromatic N) is 3. The summed E-state index contributed by atoms with van der Waals surface area (Å²) in [5, 5.41) is 9.24. The highest BCUT2D eigenvalue weighted by molar-refractivity contribution is 7.99. The maximum atomic E-state index is 5.61. The van der Waals surface area contributed by atoms with Gasteiger partial charge in [-0.1, -0.05) is 23.9 Å². The third kappa shape index (κ3) is 3.74. The van der Waals surface area contributed by atoms with Gasteiger partial charge in [0.2, 0.25) is 0 Å². The lowest BCUT2D eigenvalue weighted by molar-refractivity contribution is 0.414. The van der Waals surface area contributed by atoms with Gasteiger partial charge in [-0.25, -0.2) is 0 Å². The van der Waals surface area contributed by atoms with Crippen LogP contribution in [0, 0.1) is 6.92 Å². The van der Waals surface area contributed by atoms with Crippen LogP contribution in [0.2, 0.25) is 0 Å². The first kappa shape index (κ1) is 14.9. The first-order valence-corrected chi connectivity index (χ1v) is 7.58. The van der Waals surface area contributed by atoms with E-state index in [9.17, 15) is 0 Å². The Morgan fingerprint density at radius 1 is 1.25 bits per heavy atom. The second-order valence-corrected chi connectivity index (χ2v) is 5.48. The van der Waals surface area contributed by atoms with Crippen LogP contribution in [0.1, 0.15) is 11.4 Å². The number of methoxy groups -OCH3 is 1. The number of rotatable bonds is 7. The average Bonchev–Trinajstić information content (AvgIpc) is 2.82. The standard InChI is InChI=1S/C14H20N4OS/c1-11-16-17-14(18(11)9-8-15)20-10-7-12-3-5-13(19-2)6-4-12/h3-6H,7-10,15H2,1-2H3. The van der Waals surface area contributed by atoms with Gasteiger partial charge in [0, 0.05) is 18.8 Å². The molecule has 2 aromatic rings. The van der Waals surface area contributed by atoms with Gasteiger partial charge in [-0.15, -0.1) is 10.2 Å². The van der Waals surface area contributed by atoms with Gasteiger partial charge in [0.05, 0.1) is 7.11 Å². The van der Waals surface area contributed by atoms with Crippen molar-refractivity contribution in [2.45, 2.75) is 25.0 Å². The van der Waals surface area contributed by atoms with Crippen LogP contribution in [-0.2, 0) is 13.0 Å². The largest absolute Gasteiger partial charge is 0.497 e. The summed E-state index contributed by atoms with van der Waals surface area (Å²) in [6.07, 6.45) is 0.989. The highest BCUT2D eigenvalue weighted by atomic mass is 32.2. The molecule has 0 aliphatic heterocycles. The zero-order valence-electron chi connectivity index (χ0n) is 11.9. The van der Waals surface area contributed by atoms with E-state index in [2.05, 4.69) is 26.9 Å². The molecule has 0 unspecified atom stereocenters. The molecule has 1 aromatic carbocycles. The van der Waals surface area contributed by atoms with Crippen LogP contribution in [0.15, 0.2) is 29.4 Å². The van der Waals surface area contributed by atoms with Crippen molar-refractivity contribution < 1.29 is 4.74 Å². The summed E-state index contributed by atoms with van der Waals surface area (Å²) in [7, 11) is 1.68. The third-order valence-electron chi connectivity index (χ3n) is 3.04. The van der Waals surface area contributed by atoms with Crippen molar-refractivity contribution in [3.63, 3.8) is 0 Å². The number of aryl methyl sites for hydroxylation is 2. The zero-order valence-corrected chi connectivity index (χ0v) is 12.7. The molecule has 20 heavy (non-hydrogen) atoms. The Balaban J connectivity index is 1.89. The predicted octanol–water partition coefficient (Wildman–Crippen LogP) is 1.89. The lowest BCUT2D eigenvalue weighted by Gasteiger charge is -2.06. The number of benzene rings is 1. The number of hydrogen-bond acceptors (Lipinski definition) is 5. The molecule has 0 fully saturated rings. The van der Waals surface area contributed by atoms with Gasteiger partial charge in [0.1, 0.15) is 11.6 Å². The van der Waals surface area contributed by atoms with Crippen molar-refractivity contribution in [1.29, 1.82) is 0 Å². The molecule has 1 heterocycles. The molecule has 2 N–H and O–H groups in total. The molecular formula is C14H20N4OS. The first-order valence-electron chi connectivity index (χ1n) is 6.60. The summed E-state index contributed by atoms with van der Waals surface area (Å²) >= 11 is 1.72. The molecule has 6 heteroatoms. The van der Waals surface area contributed by atoms with Crippen LogP contribution < -0.4 is 10.5 Å². The lowest BCUT2D eigenvalue weighted by Crippen LogP contribution is -2.12. The van der Waals surface area contributed by atoms with Crippen molar-refractivity contribution in [2.75, 3.05) is 19.4 Å². The van der Waals surface area contributed by atoms with Crippen LogP contribution in [0.3, 0.4) is 0 Å². The molecule has 0 spiro atoms. The SMILES string of the molecule is COc1ccc(CCSc2nnc(C)n2CCN)cc1. The summed E-state index contributed by atoms with van der Waals surface area (Å²) in [5.74, 6) is 2.77. The van der Waals surface area contributed by atoms with Crippen molar-refractivity contribution in [3.05, 3.63) is 35.7 Å². The van der Waals surface area contributed by atoms with Gasteiger partial charge >= 0.3 is 0 Å². The van der Waals surface area contributed by atoms with Crippen LogP contribution >= 0.6 is 11.8 Å². The summed E-state index contributed by atoms with van der Waals surface area (Å²) in [6, 6.07) is 8.16. The van der Waals surface area contributed by atoms with Crippen LogP contribution in [0.4, 0.5) is 0 Å². The number of ether oxygens (including phenoxy) is 1. The van der Waals surface area contributed by atoms with Crippen molar-refractivity contribution in [1.82, 2.24) is 14.8 Å². The Morgan fingerprint density at radius 3 is 2.65 bits per heavy atom. The Kier molecular flexibility index (Phi) is 5.43. The molecule has 108 valence electrons. The predicted molar refractivity (Wildman–Crippen MR) is 81.2 cm³/mol. The third-order valence-corrected chi connectivity index (χ3v) is 4.00. The number of nitrogens with two attached hydrogens (primary N) is 1. The molecule has 0 radical (unpaired) electrons. The molecule has 0 aliphatic carbocycles. The molecule has 1 aromatic heterocycles. The topological polar surface area (TPSA) is 66.0 Å². The van der Waals surface area contributed by atoms with Gasteiger partial charge in [-0.2, -0.15) is 0 Å². The summed E-state index contributed by atoms with van der Waals surface area (Å²) in [4.78, 5) is 0. The summed E-state index contributed by atoms with van der Waals surface area (Å²) in [5.41, 5.74) is 6.90. The minimum atomic E-state index is 0.602. The first-order chi connectivity index (χ1) is 9.74. The van der Waals surface area contributed by atoms with Gasteiger partial charge in [-0.3, -0.25) is 0 Å². The molecule has 0 atom stereocenters. The lowest BCUT2D eigenvalue weighted by atomic mass is 10.2. The Hall–Kier alpha value is -1.53. The van der Waals surface area contributed by atoms with Crippen molar-refractivity contribution >= 4 is 11.8 Å². The molecule has 0 aliphatic rings. The number of thioether (sulfide) groups is 1. The van der Waals surface area contributed by atoms with E-state index in [1.165, 1.54) is 5.56 Å². The van der Waals surface area contributed by atoms with E-state index in [-0.39, 0.29) is 0 Å². The molecule has 0 bridgehead atoms. The molecule has 0 saturated heterocycles.